The summed E-state index contributed by atoms with van der Waals surface area (Å²) in [4.78, 5) is 0. The van der Waals surface area contributed by atoms with Gasteiger partial charge in [-0.1, -0.05) is 73.3 Å². The Morgan fingerprint density at radius 3 is 2.26 bits per heavy atom. The molecular formula is C35H28N2O. The molecule has 0 spiro atoms. The average Bonchev–Trinajstić information content (AvgIpc) is 3.47. The molecule has 0 bridgehead atoms. The second-order valence-corrected chi connectivity index (χ2v) is 9.92. The van der Waals surface area contributed by atoms with Crippen molar-refractivity contribution in [3.8, 4) is 11.4 Å². The van der Waals surface area contributed by atoms with Gasteiger partial charge in [-0.15, -0.1) is 0 Å². The SMILES string of the molecule is C=Cc1ccc(Cn2c3ccc(OC)cc3c3cc(C)c4c(c5ccccc5n4-c4ccccc4)c32)cc1. The summed E-state index contributed by atoms with van der Waals surface area (Å²) >= 11 is 0. The number of aryl methyl sites for hydroxylation is 1. The first-order chi connectivity index (χ1) is 18.7. The molecule has 0 aliphatic carbocycles. The predicted octanol–water partition coefficient (Wildman–Crippen LogP) is 8.90. The number of benzene rings is 5. The van der Waals surface area contributed by atoms with Gasteiger partial charge < -0.3 is 13.9 Å². The molecule has 0 atom stereocenters. The summed E-state index contributed by atoms with van der Waals surface area (Å²) in [6.45, 7) is 6.92. The van der Waals surface area contributed by atoms with Crippen LogP contribution in [0.2, 0.25) is 0 Å². The van der Waals surface area contributed by atoms with Crippen LogP contribution in [0.5, 0.6) is 5.75 Å². The molecule has 0 saturated heterocycles. The van der Waals surface area contributed by atoms with Crippen LogP contribution in [-0.4, -0.2) is 16.2 Å². The number of fused-ring (bicyclic) bond motifs is 7. The normalized spacial score (nSPS) is 11.6. The van der Waals surface area contributed by atoms with Crippen molar-refractivity contribution in [3.63, 3.8) is 0 Å². The van der Waals surface area contributed by atoms with E-state index in [0.717, 1.165) is 17.9 Å². The van der Waals surface area contributed by atoms with Crippen LogP contribution in [0.15, 0.2) is 110 Å². The van der Waals surface area contributed by atoms with Crippen LogP contribution < -0.4 is 4.74 Å². The molecule has 0 aliphatic heterocycles. The lowest BCUT2D eigenvalue weighted by Crippen LogP contribution is -2.00. The minimum absolute atomic E-state index is 0.771. The number of hydrogen-bond donors (Lipinski definition) is 0. The van der Waals surface area contributed by atoms with Crippen molar-refractivity contribution in [2.75, 3.05) is 7.11 Å². The number of hydrogen-bond acceptors (Lipinski definition) is 1. The predicted molar refractivity (Wildman–Crippen MR) is 161 cm³/mol. The van der Waals surface area contributed by atoms with Crippen molar-refractivity contribution in [3.05, 3.63) is 126 Å². The largest absolute Gasteiger partial charge is 0.497 e. The van der Waals surface area contributed by atoms with E-state index in [1.54, 1.807) is 7.11 Å². The van der Waals surface area contributed by atoms with Crippen LogP contribution in [-0.2, 0) is 6.54 Å². The zero-order valence-corrected chi connectivity index (χ0v) is 21.6. The summed E-state index contributed by atoms with van der Waals surface area (Å²) in [6, 6.07) is 36.9. The Hall–Kier alpha value is -4.76. The molecule has 3 heteroatoms. The molecule has 0 aliphatic rings. The minimum atomic E-state index is 0.771. The number of nitrogens with zero attached hydrogens (tertiary/aromatic N) is 2. The van der Waals surface area contributed by atoms with Crippen LogP contribution in [0.3, 0.4) is 0 Å². The number of para-hydroxylation sites is 2. The number of rotatable bonds is 5. The first kappa shape index (κ1) is 22.4. The van der Waals surface area contributed by atoms with Crippen molar-refractivity contribution in [2.45, 2.75) is 13.5 Å². The Labute approximate surface area is 221 Å². The lowest BCUT2D eigenvalue weighted by atomic mass is 10.0. The molecule has 7 rings (SSSR count). The van der Waals surface area contributed by atoms with Crippen molar-refractivity contribution >= 4 is 49.7 Å². The van der Waals surface area contributed by atoms with Crippen LogP contribution in [0, 0.1) is 6.92 Å². The fourth-order valence-electron chi connectivity index (χ4n) is 5.99. The molecule has 0 N–H and O–H groups in total. The topological polar surface area (TPSA) is 19.1 Å². The molecular weight excluding hydrogens is 464 g/mol. The van der Waals surface area contributed by atoms with Crippen LogP contribution in [0.4, 0.5) is 0 Å². The van der Waals surface area contributed by atoms with Gasteiger partial charge >= 0.3 is 0 Å². The summed E-state index contributed by atoms with van der Waals surface area (Å²) < 4.78 is 10.6. The van der Waals surface area contributed by atoms with E-state index in [9.17, 15) is 0 Å². The maximum absolute atomic E-state index is 5.65. The van der Waals surface area contributed by atoms with Crippen molar-refractivity contribution < 1.29 is 4.74 Å². The Kier molecular flexibility index (Phi) is 5.12. The van der Waals surface area contributed by atoms with Crippen molar-refractivity contribution in [1.82, 2.24) is 9.13 Å². The molecule has 2 heterocycles. The molecule has 3 nitrogen and oxygen atoms in total. The van der Waals surface area contributed by atoms with E-state index in [1.807, 2.05) is 6.08 Å². The fraction of sp³-hybridized carbons (Fsp3) is 0.0857. The molecule has 184 valence electrons. The van der Waals surface area contributed by atoms with Gasteiger partial charge in [0.05, 0.1) is 23.7 Å². The summed E-state index contributed by atoms with van der Waals surface area (Å²) in [6.07, 6.45) is 1.89. The lowest BCUT2D eigenvalue weighted by Gasteiger charge is -2.12. The highest BCUT2D eigenvalue weighted by Gasteiger charge is 2.22. The van der Waals surface area contributed by atoms with E-state index in [-0.39, 0.29) is 0 Å². The molecule has 0 amide bonds. The van der Waals surface area contributed by atoms with E-state index in [1.165, 1.54) is 60.4 Å². The highest BCUT2D eigenvalue weighted by molar-refractivity contribution is 6.26. The molecule has 0 fully saturated rings. The number of ether oxygens (including phenoxy) is 1. The molecule has 0 saturated carbocycles. The first-order valence-electron chi connectivity index (χ1n) is 13.0. The van der Waals surface area contributed by atoms with Crippen LogP contribution >= 0.6 is 0 Å². The van der Waals surface area contributed by atoms with Gasteiger partial charge in [-0.25, -0.2) is 0 Å². The number of aromatic nitrogens is 2. The van der Waals surface area contributed by atoms with E-state index >= 15 is 0 Å². The Morgan fingerprint density at radius 2 is 1.50 bits per heavy atom. The third kappa shape index (κ3) is 3.29. The van der Waals surface area contributed by atoms with Crippen molar-refractivity contribution in [2.24, 2.45) is 0 Å². The highest BCUT2D eigenvalue weighted by Crippen LogP contribution is 2.43. The van der Waals surface area contributed by atoms with Crippen molar-refractivity contribution in [1.29, 1.82) is 0 Å². The molecule has 5 aromatic carbocycles. The van der Waals surface area contributed by atoms with E-state index in [0.29, 0.717) is 0 Å². The maximum atomic E-state index is 5.65. The Morgan fingerprint density at radius 1 is 0.737 bits per heavy atom. The molecule has 7 aromatic rings. The van der Waals surface area contributed by atoms with E-state index < -0.39 is 0 Å². The van der Waals surface area contributed by atoms with Gasteiger partial charge in [-0.3, -0.25) is 0 Å². The van der Waals surface area contributed by atoms with Gasteiger partial charge in [0.15, 0.2) is 0 Å². The zero-order valence-electron chi connectivity index (χ0n) is 21.6. The zero-order chi connectivity index (χ0) is 25.8. The summed E-state index contributed by atoms with van der Waals surface area (Å²) in [7, 11) is 1.73. The van der Waals surface area contributed by atoms with Gasteiger partial charge in [-0.05, 0) is 66.1 Å². The van der Waals surface area contributed by atoms with E-state index in [2.05, 4.69) is 126 Å². The minimum Gasteiger partial charge on any atom is -0.497 e. The standard InChI is InChI=1S/C35H28N2O/c1-4-24-14-16-25(17-15-24)22-36-31-19-18-27(38-3)21-29(31)30-20-23(2)34-33(35(30)36)28-12-8-9-13-32(28)37(34)26-10-6-5-7-11-26/h4-21H,1,22H2,2-3H3. The quantitative estimate of drug-likeness (QED) is 0.235. The van der Waals surface area contributed by atoms with E-state index in [4.69, 9.17) is 4.74 Å². The lowest BCUT2D eigenvalue weighted by molar-refractivity contribution is 0.415. The van der Waals surface area contributed by atoms with Crippen LogP contribution in [0.25, 0.3) is 55.4 Å². The third-order valence-electron chi connectivity index (χ3n) is 7.73. The van der Waals surface area contributed by atoms with Gasteiger partial charge in [0.25, 0.3) is 0 Å². The molecule has 0 unspecified atom stereocenters. The Balaban J connectivity index is 1.66. The smallest absolute Gasteiger partial charge is 0.119 e. The second kappa shape index (κ2) is 8.67. The first-order valence-corrected chi connectivity index (χ1v) is 13.0. The molecule has 38 heavy (non-hydrogen) atoms. The summed E-state index contributed by atoms with van der Waals surface area (Å²) in [5.74, 6) is 0.872. The molecule has 0 radical (unpaired) electrons. The second-order valence-electron chi connectivity index (χ2n) is 9.92. The fourth-order valence-corrected chi connectivity index (χ4v) is 5.99. The van der Waals surface area contributed by atoms with Gasteiger partial charge in [0.1, 0.15) is 5.75 Å². The van der Waals surface area contributed by atoms with Gasteiger partial charge in [0, 0.05) is 39.3 Å². The maximum Gasteiger partial charge on any atom is 0.119 e. The number of methoxy groups -OCH3 is 1. The summed E-state index contributed by atoms with van der Waals surface area (Å²) in [5.41, 5.74) is 9.74. The van der Waals surface area contributed by atoms with Gasteiger partial charge in [0.2, 0.25) is 0 Å². The highest BCUT2D eigenvalue weighted by atomic mass is 16.5. The summed E-state index contributed by atoms with van der Waals surface area (Å²) in [5, 5.41) is 5.02. The van der Waals surface area contributed by atoms with Crippen LogP contribution in [0.1, 0.15) is 16.7 Å². The average molecular weight is 493 g/mol. The molecule has 2 aromatic heterocycles. The Bertz CT molecular complexity index is 1990. The third-order valence-corrected chi connectivity index (χ3v) is 7.73. The monoisotopic (exact) mass is 492 g/mol. The van der Waals surface area contributed by atoms with Gasteiger partial charge in [-0.2, -0.15) is 0 Å².